The highest BCUT2D eigenvalue weighted by molar-refractivity contribution is 5.46. The van der Waals surface area contributed by atoms with Crippen molar-refractivity contribution in [3.8, 4) is 23.3 Å². The molecule has 0 spiro atoms. The minimum Gasteiger partial charge on any atom is -0.491 e. The van der Waals surface area contributed by atoms with E-state index in [1.165, 1.54) is 27.4 Å². The van der Waals surface area contributed by atoms with Crippen LogP contribution in [0.5, 0.6) is 23.3 Å². The number of alkyl halides is 3. The standard InChI is InChI=1S/C9H10F3NO4/c1-14-5-4-6(15-2)8(13-7(5)16-3)17-9(10,11)12/h4H,1-3H3. The second kappa shape index (κ2) is 4.98. The number of methoxy groups -OCH3 is 3. The molecule has 0 unspecified atom stereocenters. The van der Waals surface area contributed by atoms with Crippen LogP contribution in [0.3, 0.4) is 0 Å². The highest BCUT2D eigenvalue weighted by atomic mass is 19.4. The molecule has 1 aromatic heterocycles. The van der Waals surface area contributed by atoms with Gasteiger partial charge in [-0.15, -0.1) is 13.2 Å². The van der Waals surface area contributed by atoms with E-state index in [4.69, 9.17) is 14.2 Å². The molecule has 0 aromatic carbocycles. The normalized spacial score (nSPS) is 10.9. The van der Waals surface area contributed by atoms with Gasteiger partial charge in [-0.2, -0.15) is 4.98 Å². The molecule has 0 bridgehead atoms. The summed E-state index contributed by atoms with van der Waals surface area (Å²) in [5, 5.41) is 0. The highest BCUT2D eigenvalue weighted by Crippen LogP contribution is 2.37. The highest BCUT2D eigenvalue weighted by Gasteiger charge is 2.34. The molecule has 1 aromatic rings. The first-order valence-electron chi connectivity index (χ1n) is 4.34. The van der Waals surface area contributed by atoms with E-state index in [2.05, 4.69) is 9.72 Å². The van der Waals surface area contributed by atoms with Crippen LogP contribution in [0.2, 0.25) is 0 Å². The van der Waals surface area contributed by atoms with Gasteiger partial charge in [0.05, 0.1) is 21.3 Å². The van der Waals surface area contributed by atoms with Gasteiger partial charge in [0.2, 0.25) is 0 Å². The summed E-state index contributed by atoms with van der Waals surface area (Å²) in [5.74, 6) is -0.941. The average Bonchev–Trinajstić information content (AvgIpc) is 2.26. The Morgan fingerprint density at radius 2 is 1.47 bits per heavy atom. The fourth-order valence-electron chi connectivity index (χ4n) is 1.07. The van der Waals surface area contributed by atoms with Crippen molar-refractivity contribution in [2.75, 3.05) is 21.3 Å². The van der Waals surface area contributed by atoms with E-state index < -0.39 is 12.2 Å². The van der Waals surface area contributed by atoms with Crippen LogP contribution in [0.15, 0.2) is 6.07 Å². The summed E-state index contributed by atoms with van der Waals surface area (Å²) in [5.41, 5.74) is 0. The lowest BCUT2D eigenvalue weighted by Crippen LogP contribution is -2.18. The second-order valence-corrected chi connectivity index (χ2v) is 2.76. The average molecular weight is 253 g/mol. The van der Waals surface area contributed by atoms with Crippen molar-refractivity contribution in [3.63, 3.8) is 0 Å². The number of halogens is 3. The van der Waals surface area contributed by atoms with Gasteiger partial charge in [-0.05, 0) is 0 Å². The number of hydrogen-bond donors (Lipinski definition) is 0. The third kappa shape index (κ3) is 3.30. The van der Waals surface area contributed by atoms with Gasteiger partial charge >= 0.3 is 6.36 Å². The smallest absolute Gasteiger partial charge is 0.491 e. The van der Waals surface area contributed by atoms with Crippen LogP contribution in [0.4, 0.5) is 13.2 Å². The number of hydrogen-bond acceptors (Lipinski definition) is 5. The first-order valence-corrected chi connectivity index (χ1v) is 4.34. The molecule has 0 aliphatic rings. The lowest BCUT2D eigenvalue weighted by atomic mass is 10.4. The van der Waals surface area contributed by atoms with E-state index in [1.807, 2.05) is 0 Å². The van der Waals surface area contributed by atoms with E-state index in [1.54, 1.807) is 0 Å². The minimum atomic E-state index is -4.86. The van der Waals surface area contributed by atoms with Crippen LogP contribution in [0.25, 0.3) is 0 Å². The number of pyridine rings is 1. The molecule has 0 saturated carbocycles. The quantitative estimate of drug-likeness (QED) is 0.821. The topological polar surface area (TPSA) is 49.8 Å². The Balaban J connectivity index is 3.19. The molecule has 1 rings (SSSR count). The van der Waals surface area contributed by atoms with E-state index in [0.717, 1.165) is 0 Å². The van der Waals surface area contributed by atoms with Crippen LogP contribution in [0, 0.1) is 0 Å². The summed E-state index contributed by atoms with van der Waals surface area (Å²) in [6.45, 7) is 0. The Morgan fingerprint density at radius 1 is 0.941 bits per heavy atom. The minimum absolute atomic E-state index is 0.132. The molecule has 0 amide bonds. The fraction of sp³-hybridized carbons (Fsp3) is 0.444. The van der Waals surface area contributed by atoms with Gasteiger partial charge in [0, 0.05) is 6.07 Å². The van der Waals surface area contributed by atoms with Crippen molar-refractivity contribution in [1.29, 1.82) is 0 Å². The number of ether oxygens (including phenoxy) is 4. The summed E-state index contributed by atoms with van der Waals surface area (Å²) in [6, 6.07) is 1.19. The van der Waals surface area contributed by atoms with Crippen molar-refractivity contribution >= 4 is 0 Å². The van der Waals surface area contributed by atoms with Gasteiger partial charge in [-0.25, -0.2) is 0 Å². The fourth-order valence-corrected chi connectivity index (χ4v) is 1.07. The molecular weight excluding hydrogens is 243 g/mol. The van der Waals surface area contributed by atoms with Gasteiger partial charge in [0.15, 0.2) is 11.5 Å². The Morgan fingerprint density at radius 3 is 1.88 bits per heavy atom. The Hall–Kier alpha value is -1.86. The molecule has 0 aliphatic carbocycles. The first kappa shape index (κ1) is 13.2. The molecule has 1 heterocycles. The number of aromatic nitrogens is 1. The SMILES string of the molecule is COc1cc(OC)c(OC(F)(F)F)nc1OC. The van der Waals surface area contributed by atoms with Crippen molar-refractivity contribution in [2.45, 2.75) is 6.36 Å². The van der Waals surface area contributed by atoms with Crippen molar-refractivity contribution < 1.29 is 32.1 Å². The second-order valence-electron chi connectivity index (χ2n) is 2.76. The molecule has 17 heavy (non-hydrogen) atoms. The summed E-state index contributed by atoms with van der Waals surface area (Å²) in [6.07, 6.45) is -4.86. The predicted octanol–water partition coefficient (Wildman–Crippen LogP) is 2.01. The molecule has 0 radical (unpaired) electrons. The molecule has 0 N–H and O–H groups in total. The Bertz CT molecular complexity index is 395. The van der Waals surface area contributed by atoms with Crippen LogP contribution in [-0.4, -0.2) is 32.7 Å². The van der Waals surface area contributed by atoms with Crippen LogP contribution >= 0.6 is 0 Å². The summed E-state index contributed by atoms with van der Waals surface area (Å²) >= 11 is 0. The number of rotatable bonds is 4. The molecule has 5 nitrogen and oxygen atoms in total. The predicted molar refractivity (Wildman–Crippen MR) is 50.6 cm³/mol. The summed E-state index contributed by atoms with van der Waals surface area (Å²) < 4.78 is 54.3. The Kier molecular flexibility index (Phi) is 3.87. The maximum atomic E-state index is 12.1. The lowest BCUT2D eigenvalue weighted by molar-refractivity contribution is -0.276. The number of nitrogens with zero attached hydrogens (tertiary/aromatic N) is 1. The molecule has 0 atom stereocenters. The molecule has 96 valence electrons. The molecule has 0 saturated heterocycles. The maximum absolute atomic E-state index is 12.1. The summed E-state index contributed by atoms with van der Waals surface area (Å²) in [7, 11) is 3.75. The van der Waals surface area contributed by atoms with Gasteiger partial charge in [-0.1, -0.05) is 0 Å². The van der Waals surface area contributed by atoms with E-state index in [0.29, 0.717) is 0 Å². The van der Waals surface area contributed by atoms with Gasteiger partial charge in [0.25, 0.3) is 11.8 Å². The molecule has 0 fully saturated rings. The third-order valence-corrected chi connectivity index (χ3v) is 1.73. The van der Waals surface area contributed by atoms with Gasteiger partial charge < -0.3 is 18.9 Å². The van der Waals surface area contributed by atoms with Crippen LogP contribution < -0.4 is 18.9 Å². The van der Waals surface area contributed by atoms with Gasteiger partial charge in [0.1, 0.15) is 0 Å². The molecule has 0 aliphatic heterocycles. The van der Waals surface area contributed by atoms with Crippen LogP contribution in [-0.2, 0) is 0 Å². The van der Waals surface area contributed by atoms with Crippen molar-refractivity contribution in [3.05, 3.63) is 6.07 Å². The van der Waals surface area contributed by atoms with Crippen molar-refractivity contribution in [2.24, 2.45) is 0 Å². The monoisotopic (exact) mass is 253 g/mol. The van der Waals surface area contributed by atoms with E-state index in [-0.39, 0.29) is 17.4 Å². The molecule has 8 heteroatoms. The Labute approximate surface area is 95.1 Å². The first-order chi connectivity index (χ1) is 7.91. The van der Waals surface area contributed by atoms with Gasteiger partial charge in [-0.3, -0.25) is 0 Å². The largest absolute Gasteiger partial charge is 0.574 e. The third-order valence-electron chi connectivity index (χ3n) is 1.73. The zero-order chi connectivity index (χ0) is 13.1. The van der Waals surface area contributed by atoms with E-state index >= 15 is 0 Å². The van der Waals surface area contributed by atoms with Crippen molar-refractivity contribution in [1.82, 2.24) is 4.98 Å². The lowest BCUT2D eigenvalue weighted by Gasteiger charge is -2.14. The zero-order valence-corrected chi connectivity index (χ0v) is 9.29. The summed E-state index contributed by atoms with van der Waals surface area (Å²) in [4.78, 5) is 3.50. The molecular formula is C9H10F3NO4. The van der Waals surface area contributed by atoms with Crippen LogP contribution in [0.1, 0.15) is 0 Å². The maximum Gasteiger partial charge on any atom is 0.574 e. The van der Waals surface area contributed by atoms with E-state index in [9.17, 15) is 13.2 Å². The zero-order valence-electron chi connectivity index (χ0n) is 9.29.